The molecule has 17 heavy (non-hydrogen) atoms. The summed E-state index contributed by atoms with van der Waals surface area (Å²) in [5, 5.41) is 9.97. The van der Waals surface area contributed by atoms with Gasteiger partial charge in [0.2, 0.25) is 0 Å². The van der Waals surface area contributed by atoms with Crippen molar-refractivity contribution in [1.82, 2.24) is 0 Å². The smallest absolute Gasteiger partial charge is 0.122 e. The fourth-order valence-electron chi connectivity index (χ4n) is 2.76. The van der Waals surface area contributed by atoms with Gasteiger partial charge >= 0.3 is 0 Å². The van der Waals surface area contributed by atoms with Crippen molar-refractivity contribution < 1.29 is 5.11 Å². The number of hydrogen-bond donors (Lipinski definition) is 2. The molecule has 3 nitrogen and oxygen atoms in total. The Morgan fingerprint density at radius 2 is 2.12 bits per heavy atom. The molecular weight excluding hydrogens is 212 g/mol. The van der Waals surface area contributed by atoms with E-state index in [1.54, 1.807) is 0 Å². The Bertz CT molecular complexity index is 403. The lowest BCUT2D eigenvalue weighted by Crippen LogP contribution is -2.26. The van der Waals surface area contributed by atoms with E-state index in [-0.39, 0.29) is 6.04 Å². The summed E-state index contributed by atoms with van der Waals surface area (Å²) in [6, 6.07) is 6.26. The maximum absolute atomic E-state index is 9.97. The molecule has 0 aliphatic carbocycles. The van der Waals surface area contributed by atoms with Crippen molar-refractivity contribution in [2.24, 2.45) is 11.7 Å². The van der Waals surface area contributed by atoms with Crippen LogP contribution in [0, 0.1) is 5.92 Å². The van der Waals surface area contributed by atoms with Crippen molar-refractivity contribution in [2.45, 2.75) is 39.3 Å². The number of aromatic hydroxyl groups is 1. The van der Waals surface area contributed by atoms with Crippen LogP contribution in [0.15, 0.2) is 18.2 Å². The summed E-state index contributed by atoms with van der Waals surface area (Å²) in [5.74, 6) is 1.03. The first-order chi connectivity index (χ1) is 7.99. The summed E-state index contributed by atoms with van der Waals surface area (Å²) >= 11 is 0. The Kier molecular flexibility index (Phi) is 3.29. The van der Waals surface area contributed by atoms with Gasteiger partial charge < -0.3 is 15.7 Å². The number of benzene rings is 1. The van der Waals surface area contributed by atoms with Gasteiger partial charge in [0.1, 0.15) is 5.75 Å². The van der Waals surface area contributed by atoms with Crippen LogP contribution in [0.2, 0.25) is 0 Å². The fourth-order valence-corrected chi connectivity index (χ4v) is 2.76. The van der Waals surface area contributed by atoms with Gasteiger partial charge in [0.15, 0.2) is 0 Å². The third kappa shape index (κ3) is 2.39. The molecule has 1 aliphatic heterocycles. The summed E-state index contributed by atoms with van der Waals surface area (Å²) in [7, 11) is 0. The molecule has 0 bridgehead atoms. The van der Waals surface area contributed by atoms with Crippen LogP contribution in [-0.2, 0) is 0 Å². The van der Waals surface area contributed by atoms with Gasteiger partial charge in [-0.25, -0.2) is 0 Å². The van der Waals surface area contributed by atoms with Crippen molar-refractivity contribution in [1.29, 1.82) is 0 Å². The summed E-state index contributed by atoms with van der Waals surface area (Å²) in [5.41, 5.74) is 7.71. The minimum Gasteiger partial charge on any atom is -0.508 e. The molecule has 94 valence electrons. The second kappa shape index (κ2) is 4.57. The van der Waals surface area contributed by atoms with Crippen LogP contribution >= 0.6 is 0 Å². The zero-order chi connectivity index (χ0) is 12.6. The summed E-state index contributed by atoms with van der Waals surface area (Å²) in [4.78, 5) is 2.36. The number of nitrogens with zero attached hydrogens (tertiary/aromatic N) is 1. The summed E-state index contributed by atoms with van der Waals surface area (Å²) < 4.78 is 0. The fraction of sp³-hybridized carbons (Fsp3) is 0.571. The summed E-state index contributed by atoms with van der Waals surface area (Å²) in [6.45, 7) is 7.46. The predicted octanol–water partition coefficient (Wildman–Crippen LogP) is 2.65. The van der Waals surface area contributed by atoms with Crippen molar-refractivity contribution >= 4 is 5.69 Å². The molecule has 0 spiro atoms. The predicted molar refractivity (Wildman–Crippen MR) is 71.3 cm³/mol. The van der Waals surface area contributed by atoms with E-state index in [2.05, 4.69) is 24.8 Å². The highest BCUT2D eigenvalue weighted by atomic mass is 16.3. The van der Waals surface area contributed by atoms with Crippen LogP contribution < -0.4 is 10.6 Å². The number of phenolic OH excluding ortho intramolecular Hbond substituents is 1. The molecule has 1 aromatic carbocycles. The molecule has 0 radical (unpaired) electrons. The Morgan fingerprint density at radius 1 is 1.41 bits per heavy atom. The maximum Gasteiger partial charge on any atom is 0.122 e. The number of hydrogen-bond acceptors (Lipinski definition) is 3. The van der Waals surface area contributed by atoms with Gasteiger partial charge in [-0.2, -0.15) is 0 Å². The van der Waals surface area contributed by atoms with Crippen molar-refractivity contribution in [3.8, 4) is 5.75 Å². The highest BCUT2D eigenvalue weighted by Gasteiger charge is 2.26. The molecule has 1 fully saturated rings. The van der Waals surface area contributed by atoms with Gasteiger partial charge in [0, 0.05) is 35.9 Å². The van der Waals surface area contributed by atoms with E-state index in [9.17, 15) is 5.11 Å². The molecular formula is C14H22N2O. The average Bonchev–Trinajstić information content (AvgIpc) is 2.57. The van der Waals surface area contributed by atoms with E-state index >= 15 is 0 Å². The zero-order valence-electron chi connectivity index (χ0n) is 10.9. The Balaban J connectivity index is 2.26. The molecule has 0 amide bonds. The zero-order valence-corrected chi connectivity index (χ0v) is 10.9. The first kappa shape index (κ1) is 12.2. The first-order valence-electron chi connectivity index (χ1n) is 6.34. The number of rotatable bonds is 2. The molecule has 1 saturated heterocycles. The minimum atomic E-state index is -0.126. The molecule has 3 N–H and O–H groups in total. The third-order valence-corrected chi connectivity index (χ3v) is 3.62. The lowest BCUT2D eigenvalue weighted by atomic mass is 10.1. The average molecular weight is 234 g/mol. The van der Waals surface area contributed by atoms with E-state index in [1.165, 1.54) is 6.42 Å². The highest BCUT2D eigenvalue weighted by molar-refractivity contribution is 5.55. The second-order valence-corrected chi connectivity index (χ2v) is 5.37. The van der Waals surface area contributed by atoms with E-state index in [4.69, 9.17) is 5.73 Å². The molecule has 2 rings (SSSR count). The second-order valence-electron chi connectivity index (χ2n) is 5.37. The highest BCUT2D eigenvalue weighted by Crippen LogP contribution is 2.33. The topological polar surface area (TPSA) is 49.5 Å². The lowest BCUT2D eigenvalue weighted by molar-refractivity contribution is 0.463. The van der Waals surface area contributed by atoms with Crippen molar-refractivity contribution in [2.75, 3.05) is 11.4 Å². The molecule has 1 heterocycles. The Labute approximate surface area is 103 Å². The molecule has 3 atom stereocenters. The Hall–Kier alpha value is -1.22. The van der Waals surface area contributed by atoms with Gasteiger partial charge in [0.05, 0.1) is 0 Å². The van der Waals surface area contributed by atoms with Crippen LogP contribution in [0.4, 0.5) is 5.69 Å². The number of phenols is 1. The van der Waals surface area contributed by atoms with Gasteiger partial charge in [-0.3, -0.25) is 0 Å². The van der Waals surface area contributed by atoms with Crippen LogP contribution in [-0.4, -0.2) is 17.7 Å². The summed E-state index contributed by atoms with van der Waals surface area (Å²) in [6.07, 6.45) is 1.22. The van der Waals surface area contributed by atoms with Gasteiger partial charge in [-0.15, -0.1) is 0 Å². The third-order valence-electron chi connectivity index (χ3n) is 3.62. The molecule has 3 unspecified atom stereocenters. The van der Waals surface area contributed by atoms with E-state index in [0.29, 0.717) is 11.8 Å². The van der Waals surface area contributed by atoms with E-state index in [0.717, 1.165) is 23.7 Å². The number of anilines is 1. The molecule has 1 aliphatic rings. The van der Waals surface area contributed by atoms with Crippen LogP contribution in [0.5, 0.6) is 5.75 Å². The van der Waals surface area contributed by atoms with Crippen LogP contribution in [0.25, 0.3) is 0 Å². The molecule has 1 aromatic rings. The van der Waals surface area contributed by atoms with Crippen LogP contribution in [0.3, 0.4) is 0 Å². The SMILES string of the molecule is CC1CC(C)N(c2ccc(C(C)N)c(O)c2)C1. The van der Waals surface area contributed by atoms with Crippen LogP contribution in [0.1, 0.15) is 38.8 Å². The molecule has 3 heteroatoms. The molecule has 0 aromatic heterocycles. The lowest BCUT2D eigenvalue weighted by Gasteiger charge is -2.24. The molecule has 0 saturated carbocycles. The van der Waals surface area contributed by atoms with Gasteiger partial charge in [-0.1, -0.05) is 13.0 Å². The number of nitrogens with two attached hydrogens (primary N) is 1. The standard InChI is InChI=1S/C14H22N2O/c1-9-6-10(2)16(8-9)12-4-5-13(11(3)15)14(17)7-12/h4-5,7,9-11,17H,6,8,15H2,1-3H3. The monoisotopic (exact) mass is 234 g/mol. The first-order valence-corrected chi connectivity index (χ1v) is 6.34. The van der Waals surface area contributed by atoms with Crippen molar-refractivity contribution in [3.63, 3.8) is 0 Å². The van der Waals surface area contributed by atoms with Gasteiger partial charge in [0.25, 0.3) is 0 Å². The normalized spacial score (nSPS) is 26.2. The van der Waals surface area contributed by atoms with Gasteiger partial charge in [-0.05, 0) is 32.3 Å². The van der Waals surface area contributed by atoms with E-state index < -0.39 is 0 Å². The minimum absolute atomic E-state index is 0.126. The largest absolute Gasteiger partial charge is 0.508 e. The Morgan fingerprint density at radius 3 is 2.59 bits per heavy atom. The quantitative estimate of drug-likeness (QED) is 0.827. The maximum atomic E-state index is 9.97. The van der Waals surface area contributed by atoms with Crippen molar-refractivity contribution in [3.05, 3.63) is 23.8 Å². The van der Waals surface area contributed by atoms with E-state index in [1.807, 2.05) is 19.1 Å².